The smallest absolute Gasteiger partial charge is 0.139 e. The quantitative estimate of drug-likeness (QED) is 0.573. The molecule has 6 nitrogen and oxygen atoms in total. The molecular weight excluding hydrogens is 314 g/mol. The highest BCUT2D eigenvalue weighted by molar-refractivity contribution is 5.93. The molecule has 0 radical (unpaired) electrons. The zero-order valence-electron chi connectivity index (χ0n) is 14.0. The minimum absolute atomic E-state index is 0.589. The molecule has 0 spiro atoms. The summed E-state index contributed by atoms with van der Waals surface area (Å²) in [7, 11) is 1.90. The largest absolute Gasteiger partial charge is 0.492 e. The second kappa shape index (κ2) is 6.32. The van der Waals surface area contributed by atoms with E-state index < -0.39 is 0 Å². The lowest BCUT2D eigenvalue weighted by Gasteiger charge is -2.07. The van der Waals surface area contributed by atoms with Crippen LogP contribution >= 0.6 is 0 Å². The molecule has 4 rings (SSSR count). The Morgan fingerprint density at radius 1 is 1.04 bits per heavy atom. The van der Waals surface area contributed by atoms with Crippen molar-refractivity contribution < 1.29 is 4.74 Å². The van der Waals surface area contributed by atoms with E-state index in [-0.39, 0.29) is 0 Å². The van der Waals surface area contributed by atoms with Crippen molar-refractivity contribution in [3.8, 4) is 28.3 Å². The van der Waals surface area contributed by atoms with Crippen molar-refractivity contribution >= 4 is 11.0 Å². The van der Waals surface area contributed by atoms with E-state index in [1.807, 2.05) is 56.6 Å². The highest BCUT2D eigenvalue weighted by atomic mass is 16.5. The maximum absolute atomic E-state index is 5.52. The molecule has 0 aliphatic heterocycles. The summed E-state index contributed by atoms with van der Waals surface area (Å²) in [6.45, 7) is 2.53. The summed E-state index contributed by atoms with van der Waals surface area (Å²) in [5.41, 5.74) is 5.09. The van der Waals surface area contributed by atoms with Crippen LogP contribution in [0.1, 0.15) is 6.92 Å². The molecular formula is C19H17N5O. The lowest BCUT2D eigenvalue weighted by atomic mass is 10.0. The molecule has 3 heterocycles. The van der Waals surface area contributed by atoms with Crippen molar-refractivity contribution in [1.82, 2.24) is 24.7 Å². The van der Waals surface area contributed by atoms with E-state index in [0.29, 0.717) is 12.4 Å². The van der Waals surface area contributed by atoms with Gasteiger partial charge in [0.1, 0.15) is 29.0 Å². The first-order chi connectivity index (χ1) is 12.3. The summed E-state index contributed by atoms with van der Waals surface area (Å²) in [6, 6.07) is 11.9. The van der Waals surface area contributed by atoms with Gasteiger partial charge in [0.15, 0.2) is 0 Å². The Morgan fingerprint density at radius 2 is 1.88 bits per heavy atom. The third-order valence-corrected chi connectivity index (χ3v) is 3.89. The fourth-order valence-electron chi connectivity index (χ4n) is 2.84. The molecule has 4 aromatic rings. The zero-order valence-corrected chi connectivity index (χ0v) is 14.0. The van der Waals surface area contributed by atoms with Crippen LogP contribution in [0.2, 0.25) is 0 Å². The van der Waals surface area contributed by atoms with Crippen LogP contribution in [-0.2, 0) is 7.05 Å². The molecule has 0 amide bonds. The number of hydrogen-bond acceptors (Lipinski definition) is 5. The fourth-order valence-corrected chi connectivity index (χ4v) is 2.84. The molecule has 1 aromatic carbocycles. The molecule has 124 valence electrons. The SMILES string of the molecule is CCOc1cnc2c(-c3cn(C)nc3-c3ccccc3)ncnc2c1. The van der Waals surface area contributed by atoms with Gasteiger partial charge in [-0.15, -0.1) is 0 Å². The number of benzene rings is 1. The minimum atomic E-state index is 0.589. The molecule has 3 aromatic heterocycles. The molecule has 0 atom stereocenters. The van der Waals surface area contributed by atoms with Crippen LogP contribution in [0.5, 0.6) is 5.75 Å². The number of fused-ring (bicyclic) bond motifs is 1. The maximum Gasteiger partial charge on any atom is 0.139 e. The number of hydrogen-bond donors (Lipinski definition) is 0. The van der Waals surface area contributed by atoms with Crippen molar-refractivity contribution in [3.63, 3.8) is 0 Å². The number of rotatable bonds is 4. The van der Waals surface area contributed by atoms with Gasteiger partial charge in [-0.1, -0.05) is 30.3 Å². The normalized spacial score (nSPS) is 11.0. The average Bonchev–Trinajstić information content (AvgIpc) is 3.04. The van der Waals surface area contributed by atoms with Gasteiger partial charge >= 0.3 is 0 Å². The van der Waals surface area contributed by atoms with E-state index in [1.165, 1.54) is 0 Å². The highest BCUT2D eigenvalue weighted by Gasteiger charge is 2.17. The highest BCUT2D eigenvalue weighted by Crippen LogP contribution is 2.33. The fraction of sp³-hybridized carbons (Fsp3) is 0.158. The second-order valence-electron chi connectivity index (χ2n) is 5.63. The molecule has 0 aliphatic carbocycles. The molecule has 6 heteroatoms. The molecule has 0 bridgehead atoms. The molecule has 0 saturated heterocycles. The first-order valence-electron chi connectivity index (χ1n) is 8.09. The Kier molecular flexibility index (Phi) is 3.85. The Balaban J connectivity index is 1.91. The second-order valence-corrected chi connectivity index (χ2v) is 5.63. The Labute approximate surface area is 145 Å². The van der Waals surface area contributed by atoms with E-state index in [4.69, 9.17) is 4.74 Å². The molecule has 25 heavy (non-hydrogen) atoms. The molecule has 0 aliphatic rings. The predicted octanol–water partition coefficient (Wildman–Crippen LogP) is 3.49. The van der Waals surface area contributed by atoms with Gasteiger partial charge in [-0.25, -0.2) is 15.0 Å². The lowest BCUT2D eigenvalue weighted by molar-refractivity contribution is 0.339. The van der Waals surface area contributed by atoms with Crippen molar-refractivity contribution in [2.75, 3.05) is 6.61 Å². The number of nitrogens with zero attached hydrogens (tertiary/aromatic N) is 5. The van der Waals surface area contributed by atoms with Gasteiger partial charge in [0.05, 0.1) is 18.3 Å². The van der Waals surface area contributed by atoms with Crippen molar-refractivity contribution in [2.45, 2.75) is 6.92 Å². The van der Waals surface area contributed by atoms with Crippen molar-refractivity contribution in [3.05, 3.63) is 55.1 Å². The minimum Gasteiger partial charge on any atom is -0.492 e. The summed E-state index contributed by atoms with van der Waals surface area (Å²) in [4.78, 5) is 13.4. The lowest BCUT2D eigenvalue weighted by Crippen LogP contribution is -1.96. The molecule has 0 unspecified atom stereocenters. The van der Waals surface area contributed by atoms with Crippen molar-refractivity contribution in [2.24, 2.45) is 7.05 Å². The van der Waals surface area contributed by atoms with E-state index in [9.17, 15) is 0 Å². The number of aryl methyl sites for hydroxylation is 1. The first-order valence-corrected chi connectivity index (χ1v) is 8.09. The van der Waals surface area contributed by atoms with Crippen LogP contribution in [-0.4, -0.2) is 31.3 Å². The molecule has 0 saturated carbocycles. The van der Waals surface area contributed by atoms with E-state index in [1.54, 1.807) is 17.2 Å². The van der Waals surface area contributed by atoms with E-state index in [0.717, 1.165) is 33.5 Å². The summed E-state index contributed by atoms with van der Waals surface area (Å²) in [6.07, 6.45) is 5.22. The molecule has 0 N–H and O–H groups in total. The Morgan fingerprint density at radius 3 is 2.68 bits per heavy atom. The standard InChI is InChI=1S/C19H17N5O/c1-3-25-14-9-16-19(20-10-14)18(22-12-21-16)15-11-24(2)23-17(15)13-7-5-4-6-8-13/h4-12H,3H2,1-2H3. The van der Waals surface area contributed by atoms with Crippen LogP contribution in [0.4, 0.5) is 0 Å². The van der Waals surface area contributed by atoms with E-state index in [2.05, 4.69) is 20.1 Å². The third kappa shape index (κ3) is 2.82. The van der Waals surface area contributed by atoms with Gasteiger partial charge in [-0.05, 0) is 6.92 Å². The third-order valence-electron chi connectivity index (χ3n) is 3.89. The van der Waals surface area contributed by atoms with Crippen LogP contribution in [0, 0.1) is 0 Å². The van der Waals surface area contributed by atoms with Crippen LogP contribution in [0.15, 0.2) is 55.1 Å². The summed E-state index contributed by atoms with van der Waals surface area (Å²) < 4.78 is 7.31. The monoisotopic (exact) mass is 331 g/mol. The number of ether oxygens (including phenoxy) is 1. The average molecular weight is 331 g/mol. The Hall–Kier alpha value is -3.28. The van der Waals surface area contributed by atoms with Gasteiger partial charge in [0.2, 0.25) is 0 Å². The Bertz CT molecular complexity index is 1030. The predicted molar refractivity (Wildman–Crippen MR) is 96.1 cm³/mol. The van der Waals surface area contributed by atoms with Crippen LogP contribution < -0.4 is 4.74 Å². The van der Waals surface area contributed by atoms with Gasteiger partial charge in [0, 0.05) is 30.4 Å². The number of pyridine rings is 1. The van der Waals surface area contributed by atoms with Gasteiger partial charge < -0.3 is 4.74 Å². The van der Waals surface area contributed by atoms with Crippen molar-refractivity contribution in [1.29, 1.82) is 0 Å². The summed E-state index contributed by atoms with van der Waals surface area (Å²) in [5, 5.41) is 4.61. The first kappa shape index (κ1) is 15.3. The van der Waals surface area contributed by atoms with Gasteiger partial charge in [-0.2, -0.15) is 5.10 Å². The number of aromatic nitrogens is 5. The topological polar surface area (TPSA) is 65.7 Å². The zero-order chi connectivity index (χ0) is 17.2. The van der Waals surface area contributed by atoms with Crippen LogP contribution in [0.3, 0.4) is 0 Å². The maximum atomic E-state index is 5.52. The van der Waals surface area contributed by atoms with E-state index >= 15 is 0 Å². The van der Waals surface area contributed by atoms with Gasteiger partial charge in [0.25, 0.3) is 0 Å². The summed E-state index contributed by atoms with van der Waals surface area (Å²) >= 11 is 0. The summed E-state index contributed by atoms with van der Waals surface area (Å²) in [5.74, 6) is 0.703. The molecule has 0 fully saturated rings. The van der Waals surface area contributed by atoms with Crippen LogP contribution in [0.25, 0.3) is 33.5 Å². The van der Waals surface area contributed by atoms with Gasteiger partial charge in [-0.3, -0.25) is 4.68 Å².